The zero-order valence-corrected chi connectivity index (χ0v) is 15.4. The molecule has 1 saturated heterocycles. The Morgan fingerprint density at radius 3 is 2.79 bits per heavy atom. The van der Waals surface area contributed by atoms with Crippen LogP contribution in [0.3, 0.4) is 0 Å². The molecule has 0 bridgehead atoms. The Morgan fingerprint density at radius 2 is 2.17 bits per heavy atom. The number of halogens is 1. The smallest absolute Gasteiger partial charge is 0.257 e. The van der Waals surface area contributed by atoms with E-state index in [0.717, 1.165) is 0 Å². The van der Waals surface area contributed by atoms with Crippen LogP contribution < -0.4 is 9.64 Å². The number of ether oxygens (including phenoxy) is 1. The largest absolute Gasteiger partial charge is 0.480 e. The SMILES string of the molecule is COc1nc(N2CCN(C(=O)c3cnn(C)c3)C(C)C2)ncc1Br. The van der Waals surface area contributed by atoms with Crippen molar-refractivity contribution in [2.45, 2.75) is 13.0 Å². The van der Waals surface area contributed by atoms with E-state index in [1.807, 2.05) is 11.8 Å². The van der Waals surface area contributed by atoms with E-state index in [2.05, 4.69) is 35.9 Å². The van der Waals surface area contributed by atoms with Gasteiger partial charge in [-0.2, -0.15) is 10.1 Å². The third-order valence-electron chi connectivity index (χ3n) is 4.02. The lowest BCUT2D eigenvalue weighted by molar-refractivity contribution is 0.0673. The van der Waals surface area contributed by atoms with Crippen LogP contribution in [0.5, 0.6) is 5.88 Å². The zero-order chi connectivity index (χ0) is 17.3. The van der Waals surface area contributed by atoms with Crippen molar-refractivity contribution in [2.24, 2.45) is 7.05 Å². The van der Waals surface area contributed by atoms with Crippen molar-refractivity contribution in [3.8, 4) is 5.88 Å². The minimum Gasteiger partial charge on any atom is -0.480 e. The summed E-state index contributed by atoms with van der Waals surface area (Å²) in [6, 6.07) is 0.0460. The number of aryl methyl sites for hydroxylation is 1. The monoisotopic (exact) mass is 394 g/mol. The Morgan fingerprint density at radius 1 is 1.38 bits per heavy atom. The standard InChI is InChI=1S/C15H19BrN6O2/c1-10-8-21(15-17-7-12(16)13(19-15)24-3)4-5-22(10)14(23)11-6-18-20(2)9-11/h6-7,9-10H,4-5,8H2,1-3H3. The van der Waals surface area contributed by atoms with E-state index < -0.39 is 0 Å². The number of anilines is 1. The molecule has 24 heavy (non-hydrogen) atoms. The third kappa shape index (κ3) is 3.21. The Hall–Kier alpha value is -2.16. The summed E-state index contributed by atoms with van der Waals surface area (Å²) in [7, 11) is 3.38. The Balaban J connectivity index is 1.72. The van der Waals surface area contributed by atoms with Crippen molar-refractivity contribution in [3.63, 3.8) is 0 Å². The third-order valence-corrected chi connectivity index (χ3v) is 4.56. The number of carbonyl (C=O) groups is 1. The topological polar surface area (TPSA) is 76.4 Å². The maximum atomic E-state index is 12.6. The molecule has 2 aromatic rings. The number of methoxy groups -OCH3 is 1. The molecule has 8 nitrogen and oxygen atoms in total. The maximum absolute atomic E-state index is 12.6. The van der Waals surface area contributed by atoms with Crippen LogP contribution in [0.2, 0.25) is 0 Å². The first-order chi connectivity index (χ1) is 11.5. The van der Waals surface area contributed by atoms with Gasteiger partial charge >= 0.3 is 0 Å². The van der Waals surface area contributed by atoms with E-state index in [9.17, 15) is 4.79 Å². The van der Waals surface area contributed by atoms with Crippen LogP contribution in [0.25, 0.3) is 0 Å². The molecule has 1 aliphatic heterocycles. The number of piperazine rings is 1. The first-order valence-corrected chi connectivity index (χ1v) is 8.40. The highest BCUT2D eigenvalue weighted by Crippen LogP contribution is 2.25. The van der Waals surface area contributed by atoms with Gasteiger partial charge in [-0.15, -0.1) is 0 Å². The molecule has 0 radical (unpaired) electrons. The van der Waals surface area contributed by atoms with Gasteiger partial charge in [-0.3, -0.25) is 9.48 Å². The molecule has 0 saturated carbocycles. The van der Waals surface area contributed by atoms with Crippen LogP contribution in [-0.4, -0.2) is 63.3 Å². The fraction of sp³-hybridized carbons (Fsp3) is 0.467. The highest BCUT2D eigenvalue weighted by molar-refractivity contribution is 9.10. The van der Waals surface area contributed by atoms with E-state index in [1.54, 1.807) is 37.4 Å². The number of hydrogen-bond acceptors (Lipinski definition) is 6. The maximum Gasteiger partial charge on any atom is 0.257 e. The quantitative estimate of drug-likeness (QED) is 0.781. The van der Waals surface area contributed by atoms with Crippen LogP contribution in [0, 0.1) is 0 Å². The lowest BCUT2D eigenvalue weighted by Gasteiger charge is -2.39. The van der Waals surface area contributed by atoms with Gasteiger partial charge in [0, 0.05) is 38.9 Å². The van der Waals surface area contributed by atoms with Gasteiger partial charge in [0.25, 0.3) is 5.91 Å². The molecule has 1 amide bonds. The molecular weight excluding hydrogens is 376 g/mol. The minimum absolute atomic E-state index is 0.00422. The van der Waals surface area contributed by atoms with Gasteiger partial charge in [0.15, 0.2) is 0 Å². The van der Waals surface area contributed by atoms with E-state index in [1.165, 1.54) is 0 Å². The van der Waals surface area contributed by atoms with Gasteiger partial charge in [-0.25, -0.2) is 4.98 Å². The van der Waals surface area contributed by atoms with Gasteiger partial charge in [-0.1, -0.05) is 0 Å². The predicted molar refractivity (Wildman–Crippen MR) is 92.2 cm³/mol. The second kappa shape index (κ2) is 6.76. The van der Waals surface area contributed by atoms with Crippen molar-refractivity contribution in [2.75, 3.05) is 31.6 Å². The first kappa shape index (κ1) is 16.7. The molecule has 0 aromatic carbocycles. The predicted octanol–water partition coefficient (Wildman–Crippen LogP) is 1.33. The van der Waals surface area contributed by atoms with Crippen LogP contribution in [0.1, 0.15) is 17.3 Å². The molecule has 1 unspecified atom stereocenters. The molecule has 3 heterocycles. The summed E-state index contributed by atoms with van der Waals surface area (Å²) in [5, 5.41) is 4.07. The summed E-state index contributed by atoms with van der Waals surface area (Å²) < 4.78 is 7.57. The summed E-state index contributed by atoms with van der Waals surface area (Å²) in [5.41, 5.74) is 0.611. The highest BCUT2D eigenvalue weighted by atomic mass is 79.9. The summed E-state index contributed by atoms with van der Waals surface area (Å²) in [5.74, 6) is 1.11. The molecule has 128 valence electrons. The fourth-order valence-corrected chi connectivity index (χ4v) is 3.13. The molecule has 2 aromatic heterocycles. The summed E-state index contributed by atoms with van der Waals surface area (Å²) >= 11 is 3.35. The van der Waals surface area contributed by atoms with E-state index in [0.29, 0.717) is 41.5 Å². The number of rotatable bonds is 3. The number of hydrogen-bond donors (Lipinski definition) is 0. The first-order valence-electron chi connectivity index (χ1n) is 7.60. The Bertz CT molecular complexity index is 749. The second-order valence-corrected chi connectivity index (χ2v) is 6.58. The van der Waals surface area contributed by atoms with Crippen LogP contribution in [-0.2, 0) is 7.05 Å². The van der Waals surface area contributed by atoms with Gasteiger partial charge in [0.1, 0.15) is 0 Å². The molecule has 0 spiro atoms. The van der Waals surface area contributed by atoms with Crippen molar-refractivity contribution >= 4 is 27.8 Å². The molecule has 3 rings (SSSR count). The average molecular weight is 395 g/mol. The van der Waals surface area contributed by atoms with Gasteiger partial charge in [0.2, 0.25) is 11.8 Å². The average Bonchev–Trinajstić information content (AvgIpc) is 3.01. The van der Waals surface area contributed by atoms with Crippen molar-refractivity contribution in [1.82, 2.24) is 24.6 Å². The normalized spacial score (nSPS) is 17.9. The van der Waals surface area contributed by atoms with Crippen molar-refractivity contribution in [1.29, 1.82) is 0 Å². The van der Waals surface area contributed by atoms with Crippen LogP contribution in [0.15, 0.2) is 23.1 Å². The van der Waals surface area contributed by atoms with Crippen LogP contribution in [0.4, 0.5) is 5.95 Å². The van der Waals surface area contributed by atoms with Gasteiger partial charge in [-0.05, 0) is 22.9 Å². The lowest BCUT2D eigenvalue weighted by atomic mass is 10.1. The van der Waals surface area contributed by atoms with Gasteiger partial charge < -0.3 is 14.5 Å². The lowest BCUT2D eigenvalue weighted by Crippen LogP contribution is -2.54. The zero-order valence-electron chi connectivity index (χ0n) is 13.8. The molecule has 0 N–H and O–H groups in total. The molecule has 9 heteroatoms. The highest BCUT2D eigenvalue weighted by Gasteiger charge is 2.30. The minimum atomic E-state index is 0.00422. The second-order valence-electron chi connectivity index (χ2n) is 5.72. The summed E-state index contributed by atoms with van der Waals surface area (Å²) in [4.78, 5) is 25.3. The van der Waals surface area contributed by atoms with E-state index in [4.69, 9.17) is 4.74 Å². The fourth-order valence-electron chi connectivity index (χ4n) is 2.78. The number of nitrogens with zero attached hydrogens (tertiary/aromatic N) is 6. The van der Waals surface area contributed by atoms with Gasteiger partial charge in [0.05, 0.1) is 29.5 Å². The molecule has 1 fully saturated rings. The number of carbonyl (C=O) groups excluding carboxylic acids is 1. The molecular formula is C15H19BrN6O2. The Labute approximate surface area is 148 Å². The van der Waals surface area contributed by atoms with E-state index in [-0.39, 0.29) is 11.9 Å². The number of amides is 1. The molecule has 1 atom stereocenters. The van der Waals surface area contributed by atoms with Crippen molar-refractivity contribution < 1.29 is 9.53 Å². The number of aromatic nitrogens is 4. The summed E-state index contributed by atoms with van der Waals surface area (Å²) in [6.07, 6.45) is 5.02. The van der Waals surface area contributed by atoms with Crippen molar-refractivity contribution in [3.05, 3.63) is 28.6 Å². The van der Waals surface area contributed by atoms with Crippen LogP contribution >= 0.6 is 15.9 Å². The summed E-state index contributed by atoms with van der Waals surface area (Å²) in [6.45, 7) is 3.96. The Kier molecular flexibility index (Phi) is 4.70. The molecule has 0 aliphatic carbocycles. The molecule has 1 aliphatic rings. The van der Waals surface area contributed by atoms with E-state index >= 15 is 0 Å².